The first-order chi connectivity index (χ1) is 15.0. The van der Waals surface area contributed by atoms with Crippen molar-refractivity contribution in [2.24, 2.45) is 0 Å². The smallest absolute Gasteiger partial charge is 0.338 e. The summed E-state index contributed by atoms with van der Waals surface area (Å²) >= 11 is 3.35. The summed E-state index contributed by atoms with van der Waals surface area (Å²) in [5.41, 5.74) is 1.80. The SMILES string of the molecule is O=C(OCCOc1ccc(Br)cc1)c1cccc(CN2C(=O)c3ccccc3C2=O)c1. The first kappa shape index (κ1) is 20.8. The van der Waals surface area contributed by atoms with E-state index in [1.807, 2.05) is 24.3 Å². The van der Waals surface area contributed by atoms with Gasteiger partial charge < -0.3 is 9.47 Å². The molecule has 3 aromatic rings. The number of fused-ring (bicyclic) bond motifs is 1. The molecule has 0 saturated carbocycles. The molecule has 0 bridgehead atoms. The zero-order valence-electron chi connectivity index (χ0n) is 16.4. The minimum atomic E-state index is -0.497. The first-order valence-corrected chi connectivity index (χ1v) is 10.4. The van der Waals surface area contributed by atoms with Gasteiger partial charge in [-0.3, -0.25) is 14.5 Å². The van der Waals surface area contributed by atoms with Gasteiger partial charge in [0, 0.05) is 4.47 Å². The number of carbonyl (C=O) groups is 3. The van der Waals surface area contributed by atoms with Crippen molar-refractivity contribution in [1.82, 2.24) is 4.90 Å². The summed E-state index contributed by atoms with van der Waals surface area (Å²) in [6.45, 7) is 0.403. The number of esters is 1. The minimum Gasteiger partial charge on any atom is -0.490 e. The maximum atomic E-state index is 12.5. The first-order valence-electron chi connectivity index (χ1n) is 9.62. The van der Waals surface area contributed by atoms with Crippen molar-refractivity contribution in [3.8, 4) is 5.75 Å². The van der Waals surface area contributed by atoms with Gasteiger partial charge in [0.15, 0.2) is 0 Å². The van der Waals surface area contributed by atoms with Crippen molar-refractivity contribution >= 4 is 33.7 Å². The average molecular weight is 480 g/mol. The number of rotatable bonds is 7. The predicted octanol–water partition coefficient (Wildman–Crippen LogP) is 4.48. The van der Waals surface area contributed by atoms with E-state index >= 15 is 0 Å². The van der Waals surface area contributed by atoms with E-state index in [1.54, 1.807) is 48.5 Å². The number of hydrogen-bond donors (Lipinski definition) is 0. The molecule has 1 aliphatic heterocycles. The largest absolute Gasteiger partial charge is 0.490 e. The van der Waals surface area contributed by atoms with Crippen LogP contribution in [0.25, 0.3) is 0 Å². The Morgan fingerprint density at radius 2 is 1.52 bits per heavy atom. The molecule has 0 fully saturated rings. The molecule has 0 unspecified atom stereocenters. The standard InChI is InChI=1S/C24H18BrNO5/c25-18-8-10-19(11-9-18)30-12-13-31-24(29)17-5-3-4-16(14-17)15-26-22(27)20-6-1-2-7-21(20)23(26)28/h1-11,14H,12-13,15H2. The van der Waals surface area contributed by atoms with Crippen molar-refractivity contribution in [2.45, 2.75) is 6.54 Å². The van der Waals surface area contributed by atoms with Crippen LogP contribution in [0.5, 0.6) is 5.75 Å². The van der Waals surface area contributed by atoms with Crippen LogP contribution in [0.2, 0.25) is 0 Å². The fourth-order valence-corrected chi connectivity index (χ4v) is 3.53. The van der Waals surface area contributed by atoms with Crippen molar-refractivity contribution in [2.75, 3.05) is 13.2 Å². The van der Waals surface area contributed by atoms with Gasteiger partial charge in [-0.25, -0.2) is 4.79 Å². The molecule has 31 heavy (non-hydrogen) atoms. The van der Waals surface area contributed by atoms with Gasteiger partial charge in [-0.1, -0.05) is 40.2 Å². The third-order valence-corrected chi connectivity index (χ3v) is 5.31. The number of imide groups is 1. The van der Waals surface area contributed by atoms with Crippen molar-refractivity contribution in [1.29, 1.82) is 0 Å². The van der Waals surface area contributed by atoms with Crippen LogP contribution in [0, 0.1) is 0 Å². The van der Waals surface area contributed by atoms with Gasteiger partial charge >= 0.3 is 5.97 Å². The number of hydrogen-bond acceptors (Lipinski definition) is 5. The molecule has 0 saturated heterocycles. The molecule has 1 heterocycles. The predicted molar refractivity (Wildman–Crippen MR) is 117 cm³/mol. The van der Waals surface area contributed by atoms with E-state index in [0.29, 0.717) is 28.0 Å². The zero-order valence-corrected chi connectivity index (χ0v) is 18.0. The van der Waals surface area contributed by atoms with Gasteiger partial charge in [-0.05, 0) is 54.1 Å². The van der Waals surface area contributed by atoms with Gasteiger partial charge in [-0.15, -0.1) is 0 Å². The van der Waals surface area contributed by atoms with Gasteiger partial charge in [-0.2, -0.15) is 0 Å². The van der Waals surface area contributed by atoms with E-state index in [2.05, 4.69) is 15.9 Å². The quantitative estimate of drug-likeness (QED) is 0.283. The lowest BCUT2D eigenvalue weighted by Crippen LogP contribution is -2.29. The second-order valence-electron chi connectivity index (χ2n) is 6.88. The van der Waals surface area contributed by atoms with Crippen LogP contribution in [0.3, 0.4) is 0 Å². The number of nitrogens with zero attached hydrogens (tertiary/aromatic N) is 1. The van der Waals surface area contributed by atoms with Crippen LogP contribution in [-0.2, 0) is 11.3 Å². The highest BCUT2D eigenvalue weighted by Crippen LogP contribution is 2.24. The number of amides is 2. The van der Waals surface area contributed by atoms with Crippen LogP contribution in [-0.4, -0.2) is 35.9 Å². The van der Waals surface area contributed by atoms with Crippen LogP contribution in [0.15, 0.2) is 77.3 Å². The van der Waals surface area contributed by atoms with E-state index in [1.165, 1.54) is 4.90 Å². The molecule has 156 valence electrons. The lowest BCUT2D eigenvalue weighted by Gasteiger charge is -2.14. The van der Waals surface area contributed by atoms with E-state index in [9.17, 15) is 14.4 Å². The fraction of sp³-hybridized carbons (Fsp3) is 0.125. The van der Waals surface area contributed by atoms with Crippen LogP contribution >= 0.6 is 15.9 Å². The van der Waals surface area contributed by atoms with Crippen LogP contribution in [0.1, 0.15) is 36.6 Å². The van der Waals surface area contributed by atoms with Gasteiger partial charge in [0.25, 0.3) is 11.8 Å². The normalized spacial score (nSPS) is 12.6. The number of carbonyl (C=O) groups excluding carboxylic acids is 3. The van der Waals surface area contributed by atoms with E-state index < -0.39 is 5.97 Å². The topological polar surface area (TPSA) is 72.9 Å². The Hall–Kier alpha value is -3.45. The van der Waals surface area contributed by atoms with E-state index in [0.717, 1.165) is 4.47 Å². The molecule has 0 aliphatic carbocycles. The molecule has 7 heteroatoms. The molecule has 0 aromatic heterocycles. The Labute approximate surface area is 187 Å². The maximum absolute atomic E-state index is 12.5. The summed E-state index contributed by atoms with van der Waals surface area (Å²) in [5, 5.41) is 0. The average Bonchev–Trinajstić information content (AvgIpc) is 3.03. The Bertz CT molecular complexity index is 1110. The molecule has 0 radical (unpaired) electrons. The third-order valence-electron chi connectivity index (χ3n) is 4.78. The van der Waals surface area contributed by atoms with Crippen molar-refractivity contribution in [3.05, 3.63) is 99.5 Å². The van der Waals surface area contributed by atoms with Crippen LogP contribution < -0.4 is 4.74 Å². The number of ether oxygens (including phenoxy) is 2. The maximum Gasteiger partial charge on any atom is 0.338 e. The van der Waals surface area contributed by atoms with Crippen LogP contribution in [0.4, 0.5) is 0 Å². The second-order valence-corrected chi connectivity index (χ2v) is 7.80. The Kier molecular flexibility index (Phi) is 6.13. The molecule has 1 aliphatic rings. The molecule has 4 rings (SSSR count). The highest BCUT2D eigenvalue weighted by Gasteiger charge is 2.35. The fourth-order valence-electron chi connectivity index (χ4n) is 3.27. The minimum absolute atomic E-state index is 0.0835. The zero-order chi connectivity index (χ0) is 21.8. The number of halogens is 1. The highest BCUT2D eigenvalue weighted by atomic mass is 79.9. The summed E-state index contributed by atoms with van der Waals surface area (Å²) < 4.78 is 11.8. The Morgan fingerprint density at radius 3 is 2.19 bits per heavy atom. The molecule has 0 N–H and O–H groups in total. The molecule has 0 atom stereocenters. The van der Waals surface area contributed by atoms with Gasteiger partial charge in [0.05, 0.1) is 23.2 Å². The van der Waals surface area contributed by atoms with Crippen molar-refractivity contribution in [3.63, 3.8) is 0 Å². The lowest BCUT2D eigenvalue weighted by molar-refractivity contribution is 0.0450. The van der Waals surface area contributed by atoms with E-state index in [4.69, 9.17) is 9.47 Å². The lowest BCUT2D eigenvalue weighted by atomic mass is 10.1. The van der Waals surface area contributed by atoms with Gasteiger partial charge in [0.1, 0.15) is 19.0 Å². The summed E-state index contributed by atoms with van der Waals surface area (Å²) in [6, 6.07) is 20.8. The molecule has 3 aromatic carbocycles. The summed E-state index contributed by atoms with van der Waals surface area (Å²) in [7, 11) is 0. The molecule has 0 spiro atoms. The van der Waals surface area contributed by atoms with E-state index in [-0.39, 0.29) is 31.6 Å². The second kappa shape index (κ2) is 9.14. The monoisotopic (exact) mass is 479 g/mol. The number of benzene rings is 3. The van der Waals surface area contributed by atoms with Crippen molar-refractivity contribution < 1.29 is 23.9 Å². The molecule has 6 nitrogen and oxygen atoms in total. The summed E-state index contributed by atoms with van der Waals surface area (Å²) in [6.07, 6.45) is 0. The molecular formula is C24H18BrNO5. The molecule has 2 amide bonds. The molecular weight excluding hydrogens is 462 g/mol. The summed E-state index contributed by atoms with van der Waals surface area (Å²) in [4.78, 5) is 38.6. The summed E-state index contributed by atoms with van der Waals surface area (Å²) in [5.74, 6) is -0.483. The third kappa shape index (κ3) is 4.67. The Morgan fingerprint density at radius 1 is 0.839 bits per heavy atom. The van der Waals surface area contributed by atoms with Gasteiger partial charge in [0.2, 0.25) is 0 Å². The Balaban J connectivity index is 1.34. The highest BCUT2D eigenvalue weighted by molar-refractivity contribution is 9.10.